The van der Waals surface area contributed by atoms with E-state index in [0.717, 1.165) is 17.5 Å². The third-order valence-electron chi connectivity index (χ3n) is 10.7. The van der Waals surface area contributed by atoms with Crippen LogP contribution < -0.4 is 10.6 Å². The highest BCUT2D eigenvalue weighted by Gasteiger charge is 2.55. The van der Waals surface area contributed by atoms with Gasteiger partial charge >= 0.3 is 18.0 Å². The number of imidazole rings is 1. The fraction of sp³-hybridized carbons (Fsp3) is 0.500. The van der Waals surface area contributed by atoms with Crippen LogP contribution in [0.5, 0.6) is 0 Å². The van der Waals surface area contributed by atoms with Crippen LogP contribution in [-0.4, -0.2) is 76.4 Å². The number of nitrogens with zero attached hydrogens (tertiary/aromatic N) is 4. The van der Waals surface area contributed by atoms with E-state index in [1.165, 1.54) is 6.33 Å². The third-order valence-corrected chi connectivity index (χ3v) is 15.2. The van der Waals surface area contributed by atoms with Crippen molar-refractivity contribution < 1.29 is 37.8 Å². The number of hydrogen-bond donors (Lipinski definition) is 2. The number of amides is 2. The predicted octanol–water partition coefficient (Wildman–Crippen LogP) is 6.69. The van der Waals surface area contributed by atoms with E-state index in [2.05, 4.69) is 59.5 Å². The Morgan fingerprint density at radius 2 is 1.56 bits per heavy atom. The van der Waals surface area contributed by atoms with Crippen LogP contribution in [0.4, 0.5) is 10.6 Å². The lowest BCUT2D eigenvalue weighted by molar-refractivity contribution is -0.161. The first kappa shape index (κ1) is 40.0. The highest BCUT2D eigenvalue weighted by molar-refractivity contribution is 6.74. The van der Waals surface area contributed by atoms with Crippen molar-refractivity contribution in [2.24, 2.45) is 5.92 Å². The normalized spacial score (nSPS) is 21.1. The molecule has 5 atom stereocenters. The van der Waals surface area contributed by atoms with Crippen molar-refractivity contribution in [3.63, 3.8) is 0 Å². The summed E-state index contributed by atoms with van der Waals surface area (Å²) in [4.78, 5) is 52.9. The maximum absolute atomic E-state index is 13.5. The first-order valence-corrected chi connectivity index (χ1v) is 21.7. The van der Waals surface area contributed by atoms with Gasteiger partial charge in [-0.3, -0.25) is 10.1 Å². The summed E-state index contributed by atoms with van der Waals surface area (Å²) in [6.45, 7) is 15.7. The Balaban J connectivity index is 1.14. The molecule has 15 heteroatoms. The molecular formula is C40H52N6O8Si. The fourth-order valence-corrected chi connectivity index (χ4v) is 7.73. The van der Waals surface area contributed by atoms with E-state index >= 15 is 0 Å². The molecule has 1 saturated heterocycles. The molecule has 2 aromatic heterocycles. The Bertz CT molecular complexity index is 1950. The van der Waals surface area contributed by atoms with Crippen LogP contribution in [0.3, 0.4) is 0 Å². The standard InChI is InChI=1S/C40H52N6O8Si/c1-39(2,3)55(6,7)52-23-28-20-30(34-33(28)53-40(4,5)54-34)46-25-43-32-35(41-24-42-36(32)46)45-38(49)44-29(37(48)51-22-27-16-12-9-13-17-27)18-19-31(47)50-21-26-14-10-8-11-15-26/h8-17,24-25,28-30,33-34H,18-23H2,1-7H3,(H2,41,42,44,45,49)/t28-,29+,30-,33-,34+/m1/s1. The molecule has 3 heterocycles. The van der Waals surface area contributed by atoms with E-state index in [1.807, 2.05) is 79.1 Å². The number of carbonyl (C=O) groups is 3. The molecule has 2 aromatic carbocycles. The number of hydrogen-bond acceptors (Lipinski definition) is 11. The molecule has 0 radical (unpaired) electrons. The highest BCUT2D eigenvalue weighted by atomic mass is 28.4. The van der Waals surface area contributed by atoms with Crippen LogP contribution in [0.15, 0.2) is 73.3 Å². The lowest BCUT2D eigenvalue weighted by Gasteiger charge is -2.37. The Morgan fingerprint density at radius 3 is 2.22 bits per heavy atom. The van der Waals surface area contributed by atoms with Crippen molar-refractivity contribution in [1.29, 1.82) is 0 Å². The molecule has 14 nitrogen and oxygen atoms in total. The van der Waals surface area contributed by atoms with Crippen molar-refractivity contribution >= 4 is 43.3 Å². The lowest BCUT2D eigenvalue weighted by atomic mass is 10.1. The van der Waals surface area contributed by atoms with Gasteiger partial charge < -0.3 is 33.3 Å². The van der Waals surface area contributed by atoms with E-state index in [4.69, 9.17) is 23.4 Å². The Morgan fingerprint density at radius 1 is 0.927 bits per heavy atom. The molecule has 55 heavy (non-hydrogen) atoms. The van der Waals surface area contributed by atoms with Crippen LogP contribution in [0.2, 0.25) is 18.1 Å². The van der Waals surface area contributed by atoms with E-state index in [0.29, 0.717) is 17.8 Å². The summed E-state index contributed by atoms with van der Waals surface area (Å²) in [5.74, 6) is -1.75. The summed E-state index contributed by atoms with van der Waals surface area (Å²) in [5.41, 5.74) is 2.48. The first-order chi connectivity index (χ1) is 26.1. The number of rotatable bonds is 14. The van der Waals surface area contributed by atoms with Gasteiger partial charge in [-0.25, -0.2) is 24.5 Å². The van der Waals surface area contributed by atoms with Gasteiger partial charge in [-0.2, -0.15) is 0 Å². The van der Waals surface area contributed by atoms with E-state index in [-0.39, 0.29) is 61.1 Å². The molecule has 2 amide bonds. The summed E-state index contributed by atoms with van der Waals surface area (Å²) >= 11 is 0. The van der Waals surface area contributed by atoms with Gasteiger partial charge in [-0.1, -0.05) is 81.4 Å². The molecule has 0 spiro atoms. The summed E-state index contributed by atoms with van der Waals surface area (Å²) in [6.07, 6.45) is 3.13. The van der Waals surface area contributed by atoms with Crippen LogP contribution in [0.25, 0.3) is 11.2 Å². The lowest BCUT2D eigenvalue weighted by Crippen LogP contribution is -2.44. The van der Waals surface area contributed by atoms with Crippen LogP contribution >= 0.6 is 0 Å². The van der Waals surface area contributed by atoms with Gasteiger partial charge in [0.05, 0.1) is 18.5 Å². The maximum atomic E-state index is 13.5. The van der Waals surface area contributed by atoms with Crippen molar-refractivity contribution in [2.45, 2.75) is 115 Å². The predicted molar refractivity (Wildman–Crippen MR) is 207 cm³/mol. The molecular weight excluding hydrogens is 721 g/mol. The zero-order valence-electron chi connectivity index (χ0n) is 32.6. The molecule has 1 aliphatic carbocycles. The summed E-state index contributed by atoms with van der Waals surface area (Å²) in [7, 11) is -2.01. The van der Waals surface area contributed by atoms with Crippen LogP contribution in [0.1, 0.15) is 71.0 Å². The zero-order chi connectivity index (χ0) is 39.4. The minimum atomic E-state index is -2.01. The fourth-order valence-electron chi connectivity index (χ4n) is 6.66. The van der Waals surface area contributed by atoms with Gasteiger partial charge in [0.25, 0.3) is 0 Å². The second-order valence-electron chi connectivity index (χ2n) is 16.2. The highest BCUT2D eigenvalue weighted by Crippen LogP contribution is 2.48. The second kappa shape index (κ2) is 16.6. The largest absolute Gasteiger partial charge is 0.461 e. The maximum Gasteiger partial charge on any atom is 0.329 e. The number of fused-ring (bicyclic) bond motifs is 2. The van der Waals surface area contributed by atoms with Gasteiger partial charge in [0.2, 0.25) is 0 Å². The average molecular weight is 773 g/mol. The molecule has 2 fully saturated rings. The zero-order valence-corrected chi connectivity index (χ0v) is 33.6. The van der Waals surface area contributed by atoms with Crippen molar-refractivity contribution in [3.8, 4) is 0 Å². The molecule has 1 aliphatic heterocycles. The van der Waals surface area contributed by atoms with Crippen molar-refractivity contribution in [2.75, 3.05) is 11.9 Å². The topological polar surface area (TPSA) is 165 Å². The molecule has 4 aromatic rings. The second-order valence-corrected chi connectivity index (χ2v) is 21.0. The SMILES string of the molecule is CC1(C)O[C@@H]2[C@@H](CO[Si](C)(C)C(C)(C)C)C[C@@H](n3cnc4c(NC(=O)N[C@@H](CCC(=O)OCc5ccccc5)C(=O)OCc5ccccc5)ncnc43)[C@@H]2O1. The number of carbonyl (C=O) groups excluding carboxylic acids is 3. The van der Waals surface area contributed by atoms with Crippen molar-refractivity contribution in [3.05, 3.63) is 84.4 Å². The van der Waals surface area contributed by atoms with Gasteiger partial charge in [-0.05, 0) is 55.9 Å². The molecule has 2 N–H and O–H groups in total. The minimum absolute atomic E-state index is 0.000118. The number of esters is 2. The third kappa shape index (κ3) is 9.76. The van der Waals surface area contributed by atoms with Crippen LogP contribution in [0, 0.1) is 5.92 Å². The van der Waals surface area contributed by atoms with Gasteiger partial charge in [0, 0.05) is 18.9 Å². The quantitative estimate of drug-likeness (QED) is 0.104. The number of aromatic nitrogens is 4. The number of nitrogens with one attached hydrogen (secondary N) is 2. The number of urea groups is 1. The summed E-state index contributed by atoms with van der Waals surface area (Å²) < 4.78 is 32.4. The molecule has 294 valence electrons. The Labute approximate surface area is 322 Å². The van der Waals surface area contributed by atoms with E-state index in [1.54, 1.807) is 6.33 Å². The Hall–Kier alpha value is -4.70. The van der Waals surface area contributed by atoms with Gasteiger partial charge in [-0.15, -0.1) is 0 Å². The summed E-state index contributed by atoms with van der Waals surface area (Å²) in [6, 6.07) is 16.4. The number of ether oxygens (including phenoxy) is 4. The molecule has 6 rings (SSSR count). The van der Waals surface area contributed by atoms with Crippen molar-refractivity contribution in [1.82, 2.24) is 24.8 Å². The summed E-state index contributed by atoms with van der Waals surface area (Å²) in [5, 5.41) is 5.46. The first-order valence-electron chi connectivity index (χ1n) is 18.7. The smallest absolute Gasteiger partial charge is 0.329 e. The van der Waals surface area contributed by atoms with E-state index in [9.17, 15) is 14.4 Å². The monoisotopic (exact) mass is 772 g/mol. The minimum Gasteiger partial charge on any atom is -0.461 e. The Kier molecular flexibility index (Phi) is 12.0. The van der Waals surface area contributed by atoms with Gasteiger partial charge in [0.15, 0.2) is 31.1 Å². The van der Waals surface area contributed by atoms with E-state index < -0.39 is 38.1 Å². The number of anilines is 1. The molecule has 0 bridgehead atoms. The average Bonchev–Trinajstić information content (AvgIpc) is 3.82. The van der Waals surface area contributed by atoms with Crippen LogP contribution in [-0.2, 0) is 46.2 Å². The molecule has 2 aliphatic rings. The number of benzene rings is 2. The molecule has 1 saturated carbocycles. The molecule has 0 unspecified atom stereocenters. The van der Waals surface area contributed by atoms with Gasteiger partial charge in [0.1, 0.15) is 31.7 Å².